The van der Waals surface area contributed by atoms with Gasteiger partial charge in [0.15, 0.2) is 11.5 Å². The van der Waals surface area contributed by atoms with Gasteiger partial charge in [0, 0.05) is 29.7 Å². The molecule has 0 unspecified atom stereocenters. The minimum atomic E-state index is 0.397. The lowest BCUT2D eigenvalue weighted by Crippen LogP contribution is -2.12. The number of anilines is 1. The summed E-state index contributed by atoms with van der Waals surface area (Å²) in [5.41, 5.74) is 2.58. The standard InChI is InChI=1S/C22H28ClN5O2/c1-13-5-7-15(8-6-13)20-26-21-14(2)19(23)25-22(28(21)27-20)24-12-16-9-10-17(29-3)11-18(16)30-4/h9-11,13,15H,5-8,12H2,1-4H3,(H,24,25). The fourth-order valence-corrected chi connectivity index (χ4v) is 4.18. The topological polar surface area (TPSA) is 73.6 Å². The Morgan fingerprint density at radius 2 is 1.90 bits per heavy atom. The Morgan fingerprint density at radius 3 is 2.60 bits per heavy atom. The molecule has 1 aromatic carbocycles. The zero-order valence-corrected chi connectivity index (χ0v) is 18.7. The van der Waals surface area contributed by atoms with Gasteiger partial charge in [0.25, 0.3) is 0 Å². The van der Waals surface area contributed by atoms with Crippen LogP contribution in [-0.2, 0) is 6.54 Å². The molecule has 2 aromatic heterocycles. The molecule has 0 aliphatic heterocycles. The van der Waals surface area contributed by atoms with Gasteiger partial charge < -0.3 is 14.8 Å². The number of halogens is 1. The van der Waals surface area contributed by atoms with Crippen LogP contribution in [0.2, 0.25) is 5.15 Å². The number of aromatic nitrogens is 4. The number of rotatable bonds is 6. The summed E-state index contributed by atoms with van der Waals surface area (Å²) in [6.45, 7) is 4.75. The Kier molecular flexibility index (Phi) is 5.99. The van der Waals surface area contributed by atoms with Crippen LogP contribution >= 0.6 is 11.6 Å². The van der Waals surface area contributed by atoms with Crippen molar-refractivity contribution in [1.82, 2.24) is 19.6 Å². The second kappa shape index (κ2) is 8.68. The van der Waals surface area contributed by atoms with Crippen molar-refractivity contribution in [2.24, 2.45) is 5.92 Å². The Bertz CT molecular complexity index is 1040. The number of hydrogen-bond acceptors (Lipinski definition) is 6. The van der Waals surface area contributed by atoms with Crippen molar-refractivity contribution in [3.05, 3.63) is 40.3 Å². The van der Waals surface area contributed by atoms with Crippen molar-refractivity contribution < 1.29 is 9.47 Å². The minimum Gasteiger partial charge on any atom is -0.497 e. The first-order valence-corrected chi connectivity index (χ1v) is 10.8. The van der Waals surface area contributed by atoms with Crippen molar-refractivity contribution in [2.75, 3.05) is 19.5 Å². The Labute approximate surface area is 181 Å². The van der Waals surface area contributed by atoms with Crippen molar-refractivity contribution in [2.45, 2.75) is 52.0 Å². The molecule has 30 heavy (non-hydrogen) atoms. The van der Waals surface area contributed by atoms with Crippen molar-refractivity contribution in [3.63, 3.8) is 0 Å². The van der Waals surface area contributed by atoms with Gasteiger partial charge in [0.1, 0.15) is 16.7 Å². The average Bonchev–Trinajstić information content (AvgIpc) is 3.21. The van der Waals surface area contributed by atoms with E-state index in [9.17, 15) is 0 Å². The number of benzene rings is 1. The van der Waals surface area contributed by atoms with Crippen molar-refractivity contribution >= 4 is 23.2 Å². The predicted octanol–water partition coefficient (Wildman–Crippen LogP) is 5.01. The van der Waals surface area contributed by atoms with E-state index in [0.29, 0.717) is 23.6 Å². The van der Waals surface area contributed by atoms with E-state index in [4.69, 9.17) is 31.2 Å². The second-order valence-electron chi connectivity index (χ2n) is 8.04. The van der Waals surface area contributed by atoms with E-state index < -0.39 is 0 Å². The lowest BCUT2D eigenvalue weighted by atomic mass is 9.83. The molecule has 160 valence electrons. The molecular weight excluding hydrogens is 402 g/mol. The summed E-state index contributed by atoms with van der Waals surface area (Å²) in [7, 11) is 3.28. The molecule has 0 bridgehead atoms. The van der Waals surface area contributed by atoms with Crippen molar-refractivity contribution in [3.8, 4) is 11.5 Å². The van der Waals surface area contributed by atoms with Gasteiger partial charge in [-0.05, 0) is 37.8 Å². The molecule has 0 atom stereocenters. The Hall–Kier alpha value is -2.54. The highest BCUT2D eigenvalue weighted by Gasteiger charge is 2.25. The molecule has 2 heterocycles. The maximum atomic E-state index is 6.41. The van der Waals surface area contributed by atoms with E-state index in [1.54, 1.807) is 18.7 Å². The third-order valence-corrected chi connectivity index (χ3v) is 6.35. The van der Waals surface area contributed by atoms with Gasteiger partial charge in [0.2, 0.25) is 5.95 Å². The van der Waals surface area contributed by atoms with Crippen LogP contribution in [0.5, 0.6) is 11.5 Å². The van der Waals surface area contributed by atoms with Gasteiger partial charge in [0.05, 0.1) is 14.2 Å². The van der Waals surface area contributed by atoms with Crippen LogP contribution in [0.15, 0.2) is 18.2 Å². The SMILES string of the molecule is COc1ccc(CNc2nc(Cl)c(C)c3nc(C4CCC(C)CC4)nn23)c(OC)c1. The number of nitrogens with one attached hydrogen (secondary N) is 1. The summed E-state index contributed by atoms with van der Waals surface area (Å²) in [6.07, 6.45) is 4.70. The fourth-order valence-electron chi connectivity index (χ4n) is 4.01. The molecule has 1 aliphatic rings. The fraction of sp³-hybridized carbons (Fsp3) is 0.500. The van der Waals surface area contributed by atoms with Gasteiger partial charge in [-0.2, -0.15) is 4.52 Å². The zero-order valence-electron chi connectivity index (χ0n) is 17.9. The van der Waals surface area contributed by atoms with Gasteiger partial charge in [-0.3, -0.25) is 0 Å². The molecule has 7 nitrogen and oxygen atoms in total. The predicted molar refractivity (Wildman–Crippen MR) is 118 cm³/mol. The zero-order chi connectivity index (χ0) is 21.3. The monoisotopic (exact) mass is 429 g/mol. The number of hydrogen-bond donors (Lipinski definition) is 1. The second-order valence-corrected chi connectivity index (χ2v) is 8.40. The Morgan fingerprint density at radius 1 is 1.13 bits per heavy atom. The number of aryl methyl sites for hydroxylation is 1. The molecule has 1 fully saturated rings. The highest BCUT2D eigenvalue weighted by molar-refractivity contribution is 6.30. The van der Waals surface area contributed by atoms with Gasteiger partial charge >= 0.3 is 0 Å². The molecule has 0 radical (unpaired) electrons. The van der Waals surface area contributed by atoms with Crippen LogP contribution in [-0.4, -0.2) is 33.8 Å². The summed E-state index contributed by atoms with van der Waals surface area (Å²) in [5.74, 6) is 4.13. The lowest BCUT2D eigenvalue weighted by molar-refractivity contribution is 0.340. The van der Waals surface area contributed by atoms with Crippen molar-refractivity contribution in [1.29, 1.82) is 0 Å². The lowest BCUT2D eigenvalue weighted by Gasteiger charge is -2.23. The molecular formula is C22H28ClN5O2. The third kappa shape index (κ3) is 4.03. The quantitative estimate of drug-likeness (QED) is 0.555. The number of methoxy groups -OCH3 is 2. The average molecular weight is 430 g/mol. The molecule has 4 rings (SSSR count). The normalized spacial score (nSPS) is 19.1. The molecule has 1 saturated carbocycles. The van der Waals surface area contributed by atoms with E-state index in [1.807, 2.05) is 25.1 Å². The highest BCUT2D eigenvalue weighted by Crippen LogP contribution is 2.35. The summed E-state index contributed by atoms with van der Waals surface area (Å²) < 4.78 is 12.6. The Balaban J connectivity index is 1.63. The number of ether oxygens (including phenoxy) is 2. The van der Waals surface area contributed by atoms with E-state index in [2.05, 4.69) is 17.2 Å². The molecule has 0 amide bonds. The van der Waals surface area contributed by atoms with Gasteiger partial charge in [-0.15, -0.1) is 5.10 Å². The molecule has 0 saturated heterocycles. The summed E-state index contributed by atoms with van der Waals surface area (Å²) in [6, 6.07) is 5.73. The van der Waals surface area contributed by atoms with Crippen LogP contribution in [0.3, 0.4) is 0 Å². The third-order valence-electron chi connectivity index (χ3n) is 5.99. The number of fused-ring (bicyclic) bond motifs is 1. The van der Waals surface area contributed by atoms with E-state index in [1.165, 1.54) is 12.8 Å². The smallest absolute Gasteiger partial charge is 0.227 e. The highest BCUT2D eigenvalue weighted by atomic mass is 35.5. The summed E-state index contributed by atoms with van der Waals surface area (Å²) in [4.78, 5) is 9.36. The number of nitrogens with zero attached hydrogens (tertiary/aromatic N) is 4. The first-order valence-electron chi connectivity index (χ1n) is 10.4. The first kappa shape index (κ1) is 20.7. The summed E-state index contributed by atoms with van der Waals surface area (Å²) in [5, 5.41) is 8.60. The molecule has 1 N–H and O–H groups in total. The maximum absolute atomic E-state index is 6.41. The van der Waals surface area contributed by atoms with E-state index >= 15 is 0 Å². The molecule has 3 aromatic rings. The van der Waals surface area contributed by atoms with Crippen LogP contribution in [0.1, 0.15) is 55.5 Å². The maximum Gasteiger partial charge on any atom is 0.227 e. The largest absolute Gasteiger partial charge is 0.497 e. The van der Waals surface area contributed by atoms with Crippen LogP contribution < -0.4 is 14.8 Å². The van der Waals surface area contributed by atoms with Crippen LogP contribution in [0, 0.1) is 12.8 Å². The molecule has 8 heteroatoms. The summed E-state index contributed by atoms with van der Waals surface area (Å²) >= 11 is 6.41. The van der Waals surface area contributed by atoms with E-state index in [0.717, 1.165) is 52.9 Å². The molecule has 1 aliphatic carbocycles. The van der Waals surface area contributed by atoms with Crippen LogP contribution in [0.4, 0.5) is 5.95 Å². The minimum absolute atomic E-state index is 0.397. The van der Waals surface area contributed by atoms with Crippen LogP contribution in [0.25, 0.3) is 5.65 Å². The van der Waals surface area contributed by atoms with E-state index in [-0.39, 0.29) is 0 Å². The van der Waals surface area contributed by atoms with Gasteiger partial charge in [-0.1, -0.05) is 31.4 Å². The molecule has 0 spiro atoms. The van der Waals surface area contributed by atoms with Gasteiger partial charge in [-0.25, -0.2) is 9.97 Å². The first-order chi connectivity index (χ1) is 14.5.